The molecule has 0 radical (unpaired) electrons. The Morgan fingerprint density at radius 1 is 0.929 bits per heavy atom. The molecule has 1 unspecified atom stereocenters. The lowest BCUT2D eigenvalue weighted by atomic mass is 9.97. The summed E-state index contributed by atoms with van der Waals surface area (Å²) in [5.41, 5.74) is -1.63. The normalized spacial score (nSPS) is 13.6. The summed E-state index contributed by atoms with van der Waals surface area (Å²) in [7, 11) is 0. The Morgan fingerprint density at radius 3 is 2.11 bits per heavy atom. The number of nitrogens with zero attached hydrogens (tertiary/aromatic N) is 1. The van der Waals surface area contributed by atoms with Crippen molar-refractivity contribution in [2.75, 3.05) is 13.1 Å². The summed E-state index contributed by atoms with van der Waals surface area (Å²) in [4.78, 5) is 3.74. The van der Waals surface area contributed by atoms with E-state index in [0.717, 1.165) is 43.7 Å². The van der Waals surface area contributed by atoms with E-state index in [9.17, 15) is 26.3 Å². The van der Waals surface area contributed by atoms with E-state index in [1.165, 1.54) is 12.1 Å². The Morgan fingerprint density at radius 2 is 1.57 bits per heavy atom. The zero-order valence-electron chi connectivity index (χ0n) is 15.6. The first-order valence-corrected chi connectivity index (χ1v) is 9.00. The van der Waals surface area contributed by atoms with Gasteiger partial charge in [0.05, 0.1) is 11.3 Å². The molecular weight excluding hydrogens is 382 g/mol. The third-order valence-corrected chi connectivity index (χ3v) is 4.39. The van der Waals surface area contributed by atoms with Crippen LogP contribution in [0.5, 0.6) is 0 Å². The quantitative estimate of drug-likeness (QED) is 0.434. The summed E-state index contributed by atoms with van der Waals surface area (Å²) < 4.78 is 78.6. The van der Waals surface area contributed by atoms with Gasteiger partial charge in [-0.15, -0.1) is 0 Å². The number of benzene rings is 1. The van der Waals surface area contributed by atoms with Crippen molar-refractivity contribution >= 4 is 0 Å². The lowest BCUT2D eigenvalue weighted by Gasteiger charge is -2.19. The zero-order valence-corrected chi connectivity index (χ0v) is 15.6. The number of nitrogens with one attached hydrogen (secondary N) is 1. The molecule has 2 rings (SSSR count). The molecule has 0 saturated heterocycles. The minimum absolute atomic E-state index is 0.0176. The maximum Gasteiger partial charge on any atom is 0.433 e. The lowest BCUT2D eigenvalue weighted by Crippen LogP contribution is -2.23. The first-order valence-electron chi connectivity index (χ1n) is 9.00. The van der Waals surface area contributed by atoms with Crippen LogP contribution in [0.15, 0.2) is 36.4 Å². The molecule has 28 heavy (non-hydrogen) atoms. The predicted molar refractivity (Wildman–Crippen MR) is 95.9 cm³/mol. The van der Waals surface area contributed by atoms with Gasteiger partial charge in [-0.3, -0.25) is 0 Å². The van der Waals surface area contributed by atoms with Crippen molar-refractivity contribution in [3.05, 3.63) is 53.2 Å². The molecule has 8 heteroatoms. The van der Waals surface area contributed by atoms with Crippen molar-refractivity contribution in [2.24, 2.45) is 0 Å². The van der Waals surface area contributed by atoms with Crippen molar-refractivity contribution in [1.29, 1.82) is 0 Å². The van der Waals surface area contributed by atoms with Crippen LogP contribution >= 0.6 is 0 Å². The van der Waals surface area contributed by atoms with Gasteiger partial charge in [-0.2, -0.15) is 26.3 Å². The molecule has 1 aromatic heterocycles. The summed E-state index contributed by atoms with van der Waals surface area (Å²) >= 11 is 0. The molecule has 0 spiro atoms. The molecule has 0 aliphatic carbocycles. The van der Waals surface area contributed by atoms with E-state index < -0.39 is 29.5 Å². The van der Waals surface area contributed by atoms with Gasteiger partial charge >= 0.3 is 12.4 Å². The second-order valence-corrected chi connectivity index (χ2v) is 6.67. The highest BCUT2D eigenvalue weighted by atomic mass is 19.4. The van der Waals surface area contributed by atoms with E-state index in [2.05, 4.69) is 10.3 Å². The molecule has 0 aliphatic heterocycles. The molecule has 0 saturated carbocycles. The molecule has 154 valence electrons. The third kappa shape index (κ3) is 5.70. The number of hydrogen-bond acceptors (Lipinski definition) is 2. The first kappa shape index (κ1) is 22.2. The highest BCUT2D eigenvalue weighted by molar-refractivity contribution is 5.60. The molecule has 2 aromatic rings. The Balaban J connectivity index is 2.31. The molecule has 0 bridgehead atoms. The number of hydrogen-bond donors (Lipinski definition) is 1. The van der Waals surface area contributed by atoms with Crippen LogP contribution in [0.3, 0.4) is 0 Å². The minimum Gasteiger partial charge on any atom is -0.316 e. The van der Waals surface area contributed by atoms with Crippen LogP contribution in [0, 0.1) is 0 Å². The van der Waals surface area contributed by atoms with Crippen molar-refractivity contribution < 1.29 is 26.3 Å². The number of alkyl halides is 6. The van der Waals surface area contributed by atoms with Crippen LogP contribution in [0.4, 0.5) is 26.3 Å². The minimum atomic E-state index is -4.66. The number of aromatic nitrogens is 1. The standard InChI is InChI=1S/C20H22F6N2/c1-3-4-11-27-12-13(2)16-9-10-17(28-18(16)20(24,25)26)14-5-7-15(8-6-14)19(21,22)23/h5-10,13,27H,3-4,11-12H2,1-2H3. The lowest BCUT2D eigenvalue weighted by molar-refractivity contribution is -0.142. The van der Waals surface area contributed by atoms with Crippen molar-refractivity contribution in [3.8, 4) is 11.3 Å². The maximum atomic E-state index is 13.5. The van der Waals surface area contributed by atoms with Gasteiger partial charge in [0.1, 0.15) is 5.69 Å². The number of pyridine rings is 1. The average Bonchev–Trinajstić information content (AvgIpc) is 2.63. The van der Waals surface area contributed by atoms with Gasteiger partial charge in [0, 0.05) is 12.1 Å². The Labute approximate surface area is 160 Å². The van der Waals surface area contributed by atoms with Crippen LogP contribution < -0.4 is 5.32 Å². The fourth-order valence-corrected chi connectivity index (χ4v) is 2.82. The molecule has 1 N–H and O–H groups in total. The van der Waals surface area contributed by atoms with Gasteiger partial charge in [0.25, 0.3) is 0 Å². The van der Waals surface area contributed by atoms with Gasteiger partial charge in [0.2, 0.25) is 0 Å². The Kier molecular flexibility index (Phi) is 7.09. The van der Waals surface area contributed by atoms with E-state index in [1.807, 2.05) is 6.92 Å². The van der Waals surface area contributed by atoms with Gasteiger partial charge in [-0.25, -0.2) is 4.98 Å². The molecule has 0 fully saturated rings. The smallest absolute Gasteiger partial charge is 0.316 e. The first-order chi connectivity index (χ1) is 13.0. The molecular formula is C20H22F6N2. The molecule has 0 aliphatic rings. The van der Waals surface area contributed by atoms with Gasteiger partial charge < -0.3 is 5.32 Å². The maximum absolute atomic E-state index is 13.5. The van der Waals surface area contributed by atoms with Gasteiger partial charge in [0.15, 0.2) is 0 Å². The second-order valence-electron chi connectivity index (χ2n) is 6.67. The fourth-order valence-electron chi connectivity index (χ4n) is 2.82. The predicted octanol–water partition coefficient (Wildman–Crippen LogP) is 6.28. The van der Waals surface area contributed by atoms with Crippen LogP contribution in [0.2, 0.25) is 0 Å². The average molecular weight is 404 g/mol. The highest BCUT2D eigenvalue weighted by Gasteiger charge is 2.37. The van der Waals surface area contributed by atoms with Crippen LogP contribution in [-0.2, 0) is 12.4 Å². The van der Waals surface area contributed by atoms with Gasteiger partial charge in [-0.05, 0) is 42.6 Å². The fraction of sp³-hybridized carbons (Fsp3) is 0.450. The summed E-state index contributed by atoms with van der Waals surface area (Å²) in [6.07, 6.45) is -7.25. The molecule has 2 nitrogen and oxygen atoms in total. The summed E-state index contributed by atoms with van der Waals surface area (Å²) in [5.74, 6) is -0.414. The summed E-state index contributed by atoms with van der Waals surface area (Å²) in [6.45, 7) is 4.81. The zero-order chi connectivity index (χ0) is 20.9. The number of rotatable bonds is 7. The van der Waals surface area contributed by atoms with Crippen molar-refractivity contribution in [3.63, 3.8) is 0 Å². The largest absolute Gasteiger partial charge is 0.433 e. The second kappa shape index (κ2) is 8.94. The van der Waals surface area contributed by atoms with E-state index in [0.29, 0.717) is 6.54 Å². The van der Waals surface area contributed by atoms with Crippen LogP contribution in [0.1, 0.15) is 49.4 Å². The third-order valence-electron chi connectivity index (χ3n) is 4.39. The highest BCUT2D eigenvalue weighted by Crippen LogP contribution is 2.36. The number of unbranched alkanes of at least 4 members (excludes halogenated alkanes) is 1. The van der Waals surface area contributed by atoms with E-state index in [1.54, 1.807) is 6.92 Å². The molecule has 1 heterocycles. The molecule has 1 aromatic carbocycles. The molecule has 0 amide bonds. The monoisotopic (exact) mass is 404 g/mol. The Bertz CT molecular complexity index is 766. The summed E-state index contributed by atoms with van der Waals surface area (Å²) in [5, 5.41) is 3.13. The van der Waals surface area contributed by atoms with E-state index in [-0.39, 0.29) is 16.8 Å². The van der Waals surface area contributed by atoms with Crippen LogP contribution in [0.25, 0.3) is 11.3 Å². The van der Waals surface area contributed by atoms with E-state index >= 15 is 0 Å². The van der Waals surface area contributed by atoms with E-state index in [4.69, 9.17) is 0 Å². The topological polar surface area (TPSA) is 24.9 Å². The SMILES string of the molecule is CCCCNCC(C)c1ccc(-c2ccc(C(F)(F)F)cc2)nc1C(F)(F)F. The number of halogens is 6. The van der Waals surface area contributed by atoms with Crippen molar-refractivity contribution in [2.45, 2.75) is 45.0 Å². The summed E-state index contributed by atoms with van der Waals surface area (Å²) in [6, 6.07) is 6.68. The van der Waals surface area contributed by atoms with Gasteiger partial charge in [-0.1, -0.05) is 38.5 Å². The van der Waals surface area contributed by atoms with Crippen molar-refractivity contribution in [1.82, 2.24) is 10.3 Å². The van der Waals surface area contributed by atoms with Crippen LogP contribution in [-0.4, -0.2) is 18.1 Å². The molecule has 1 atom stereocenters. The Hall–Kier alpha value is -2.09.